The highest BCUT2D eigenvalue weighted by molar-refractivity contribution is 7.98. The zero-order valence-electron chi connectivity index (χ0n) is 17.1. The number of carbonyl (C=O) groups excluding carboxylic acids is 4. The fourth-order valence-electron chi connectivity index (χ4n) is 3.80. The third-order valence-electron chi connectivity index (χ3n) is 5.64. The first-order valence-corrected chi connectivity index (χ1v) is 11.0. The largest absolute Gasteiger partial charge is 0.344 e. The molecule has 8 nitrogen and oxygen atoms in total. The molecule has 2 aliphatic rings. The number of hydrogen-bond acceptors (Lipinski definition) is 5. The van der Waals surface area contributed by atoms with Gasteiger partial charge in [0.2, 0.25) is 11.8 Å². The van der Waals surface area contributed by atoms with Gasteiger partial charge in [0.1, 0.15) is 5.54 Å². The van der Waals surface area contributed by atoms with Crippen LogP contribution in [0, 0.1) is 5.92 Å². The molecule has 160 valence electrons. The molecule has 0 radical (unpaired) electrons. The van der Waals surface area contributed by atoms with Crippen molar-refractivity contribution in [3.8, 4) is 0 Å². The van der Waals surface area contributed by atoms with Crippen LogP contribution in [0.1, 0.15) is 18.9 Å². The lowest BCUT2D eigenvalue weighted by molar-refractivity contribution is -0.140. The molecule has 0 bridgehead atoms. The van der Waals surface area contributed by atoms with Crippen LogP contribution in [0.3, 0.4) is 0 Å². The fraction of sp³-hybridized carbons (Fsp3) is 0.273. The summed E-state index contributed by atoms with van der Waals surface area (Å²) in [5.74, 6) is -1.97. The Morgan fingerprint density at radius 2 is 1.77 bits per heavy atom. The second kappa shape index (κ2) is 8.07. The highest BCUT2D eigenvalue weighted by Crippen LogP contribution is 2.29. The second-order valence-corrected chi connectivity index (χ2v) is 8.52. The molecule has 2 N–H and O–H groups in total. The number of hydrogen-bond donors (Lipinski definition) is 2. The Kier molecular flexibility index (Phi) is 5.45. The molecule has 5 amide bonds. The number of nitrogens with one attached hydrogen (secondary N) is 2. The number of urea groups is 1. The Morgan fingerprint density at radius 1 is 1.10 bits per heavy atom. The van der Waals surface area contributed by atoms with Crippen molar-refractivity contribution in [2.45, 2.75) is 23.8 Å². The summed E-state index contributed by atoms with van der Waals surface area (Å²) in [6.07, 6.45) is 1.98. The molecule has 0 unspecified atom stereocenters. The Labute approximate surface area is 183 Å². The van der Waals surface area contributed by atoms with E-state index in [1.807, 2.05) is 36.6 Å². The van der Waals surface area contributed by atoms with Gasteiger partial charge in [-0.15, -0.1) is 11.8 Å². The molecule has 9 heteroatoms. The van der Waals surface area contributed by atoms with Gasteiger partial charge < -0.3 is 10.2 Å². The normalized spacial score (nSPS) is 23.3. The molecule has 4 rings (SSSR count). The van der Waals surface area contributed by atoms with Crippen molar-refractivity contribution in [2.24, 2.45) is 5.92 Å². The van der Waals surface area contributed by atoms with E-state index in [2.05, 4.69) is 10.7 Å². The smallest absolute Gasteiger partial charge is 0.318 e. The average molecular weight is 439 g/mol. The summed E-state index contributed by atoms with van der Waals surface area (Å²) < 4.78 is 0. The van der Waals surface area contributed by atoms with Crippen molar-refractivity contribution in [2.75, 3.05) is 17.7 Å². The molecule has 2 fully saturated rings. The summed E-state index contributed by atoms with van der Waals surface area (Å²) in [4.78, 5) is 53.3. The number of rotatable bonds is 5. The van der Waals surface area contributed by atoms with E-state index in [9.17, 15) is 19.2 Å². The van der Waals surface area contributed by atoms with Gasteiger partial charge in [-0.05, 0) is 43.0 Å². The summed E-state index contributed by atoms with van der Waals surface area (Å²) >= 11 is 1.60. The topological polar surface area (TPSA) is 98.8 Å². The van der Waals surface area contributed by atoms with Crippen LogP contribution in [-0.2, 0) is 19.9 Å². The van der Waals surface area contributed by atoms with Crippen molar-refractivity contribution in [1.29, 1.82) is 0 Å². The molecule has 2 heterocycles. The first kappa shape index (κ1) is 20.9. The second-order valence-electron chi connectivity index (χ2n) is 7.64. The lowest BCUT2D eigenvalue weighted by Gasteiger charge is -2.22. The molecule has 2 aromatic rings. The van der Waals surface area contributed by atoms with Crippen LogP contribution in [0.4, 0.5) is 10.5 Å². The number of benzene rings is 2. The molecule has 0 aliphatic carbocycles. The molecule has 2 aromatic carbocycles. The highest BCUT2D eigenvalue weighted by atomic mass is 32.2. The van der Waals surface area contributed by atoms with Crippen LogP contribution in [0.15, 0.2) is 59.5 Å². The van der Waals surface area contributed by atoms with E-state index in [1.54, 1.807) is 47.9 Å². The molecule has 0 aromatic heterocycles. The maximum Gasteiger partial charge on any atom is 0.344 e. The third-order valence-corrected chi connectivity index (χ3v) is 6.39. The van der Waals surface area contributed by atoms with E-state index in [-0.39, 0.29) is 18.9 Å². The standard InChI is InChI=1S/C22H22N4O4S/c1-22(15-6-4-3-5-7-15)20(29)26(21(30)23-22)24-19(28)14-12-18(27)25(13-14)16-8-10-17(31-2)11-9-16/h3-11,14H,12-13H2,1-2H3,(H,23,30)(H,24,28)/t14-,22+/m1/s1. The maximum absolute atomic E-state index is 12.9. The number of thioether (sulfide) groups is 1. The minimum atomic E-state index is -1.28. The first-order valence-electron chi connectivity index (χ1n) is 9.80. The Hall–Kier alpha value is -3.33. The molecule has 2 atom stereocenters. The number of hydrazine groups is 1. The van der Waals surface area contributed by atoms with E-state index in [1.165, 1.54) is 0 Å². The number of nitrogens with zero attached hydrogens (tertiary/aromatic N) is 2. The van der Waals surface area contributed by atoms with Gasteiger partial charge in [-0.1, -0.05) is 30.3 Å². The Morgan fingerprint density at radius 3 is 2.42 bits per heavy atom. The first-order chi connectivity index (χ1) is 14.8. The summed E-state index contributed by atoms with van der Waals surface area (Å²) in [5, 5.41) is 3.34. The van der Waals surface area contributed by atoms with E-state index in [0.29, 0.717) is 16.3 Å². The average Bonchev–Trinajstić information content (AvgIpc) is 3.28. The SMILES string of the molecule is CSc1ccc(N2C[C@H](C(=O)NN3C(=O)N[C@@](C)(c4ccccc4)C3=O)CC2=O)cc1. The van der Waals surface area contributed by atoms with E-state index >= 15 is 0 Å². The predicted octanol–water partition coefficient (Wildman–Crippen LogP) is 2.26. The molecule has 0 spiro atoms. The number of imide groups is 1. The van der Waals surface area contributed by atoms with Crippen molar-refractivity contribution < 1.29 is 19.2 Å². The zero-order valence-corrected chi connectivity index (χ0v) is 17.9. The van der Waals surface area contributed by atoms with Gasteiger partial charge >= 0.3 is 6.03 Å². The van der Waals surface area contributed by atoms with E-state index < -0.39 is 29.3 Å². The molecule has 0 saturated carbocycles. The lowest BCUT2D eigenvalue weighted by atomic mass is 9.92. The summed E-state index contributed by atoms with van der Waals surface area (Å²) in [7, 11) is 0. The third kappa shape index (κ3) is 3.76. The summed E-state index contributed by atoms with van der Waals surface area (Å²) in [5.41, 5.74) is 2.46. The van der Waals surface area contributed by atoms with Gasteiger partial charge in [-0.2, -0.15) is 5.01 Å². The van der Waals surface area contributed by atoms with Crippen LogP contribution in [0.5, 0.6) is 0 Å². The van der Waals surface area contributed by atoms with E-state index in [4.69, 9.17) is 0 Å². The minimum Gasteiger partial charge on any atom is -0.318 e. The van der Waals surface area contributed by atoms with Crippen LogP contribution in [0.25, 0.3) is 0 Å². The van der Waals surface area contributed by atoms with Crippen molar-refractivity contribution in [1.82, 2.24) is 15.8 Å². The monoisotopic (exact) mass is 438 g/mol. The maximum atomic E-state index is 12.9. The summed E-state index contributed by atoms with van der Waals surface area (Å²) in [6.45, 7) is 1.77. The molecular weight excluding hydrogens is 416 g/mol. The van der Waals surface area contributed by atoms with Crippen LogP contribution in [0.2, 0.25) is 0 Å². The number of anilines is 1. The van der Waals surface area contributed by atoms with Gasteiger partial charge in [0.05, 0.1) is 5.92 Å². The summed E-state index contributed by atoms with van der Waals surface area (Å²) in [6, 6.07) is 15.6. The van der Waals surface area contributed by atoms with Crippen LogP contribution in [-0.4, -0.2) is 41.6 Å². The van der Waals surface area contributed by atoms with Gasteiger partial charge in [0, 0.05) is 23.5 Å². The minimum absolute atomic E-state index is 0.00964. The van der Waals surface area contributed by atoms with Crippen LogP contribution >= 0.6 is 11.8 Å². The molecule has 31 heavy (non-hydrogen) atoms. The number of carbonyl (C=O) groups is 4. The van der Waals surface area contributed by atoms with Crippen molar-refractivity contribution >= 4 is 41.2 Å². The quantitative estimate of drug-likeness (QED) is 0.551. The molecule has 2 aliphatic heterocycles. The fourth-order valence-corrected chi connectivity index (χ4v) is 4.21. The Bertz CT molecular complexity index is 1040. The molecular formula is C22H22N4O4S. The van der Waals surface area contributed by atoms with Gasteiger partial charge in [0.25, 0.3) is 5.91 Å². The Balaban J connectivity index is 1.45. The van der Waals surface area contributed by atoms with Gasteiger partial charge in [0.15, 0.2) is 0 Å². The highest BCUT2D eigenvalue weighted by Gasteiger charge is 2.50. The van der Waals surface area contributed by atoms with Gasteiger partial charge in [-0.25, -0.2) is 4.79 Å². The van der Waals surface area contributed by atoms with Crippen LogP contribution < -0.4 is 15.6 Å². The van der Waals surface area contributed by atoms with Crippen molar-refractivity contribution in [3.63, 3.8) is 0 Å². The van der Waals surface area contributed by atoms with Gasteiger partial charge in [-0.3, -0.25) is 19.8 Å². The zero-order chi connectivity index (χ0) is 22.2. The predicted molar refractivity (Wildman–Crippen MR) is 116 cm³/mol. The lowest BCUT2D eigenvalue weighted by Crippen LogP contribution is -2.50. The van der Waals surface area contributed by atoms with Crippen molar-refractivity contribution in [3.05, 3.63) is 60.2 Å². The van der Waals surface area contributed by atoms with E-state index in [0.717, 1.165) is 4.90 Å². The number of amides is 5. The molecule has 2 saturated heterocycles.